The number of carboxylic acids is 1. The van der Waals surface area contributed by atoms with E-state index in [0.29, 0.717) is 36.8 Å². The number of aliphatic hydroxyl groups excluding tert-OH is 3. The second kappa shape index (κ2) is 13.4. The van der Waals surface area contributed by atoms with Gasteiger partial charge in [0.25, 0.3) is 0 Å². The number of carboxylic acid groups (broad SMARTS) is 1. The molecule has 10 nitrogen and oxygen atoms in total. The van der Waals surface area contributed by atoms with Gasteiger partial charge in [-0.3, -0.25) is 9.59 Å². The summed E-state index contributed by atoms with van der Waals surface area (Å²) in [6.45, 7) is 9.48. The second-order valence-electron chi connectivity index (χ2n) is 17.9. The van der Waals surface area contributed by atoms with Gasteiger partial charge in [-0.15, -0.1) is 11.8 Å². The molecule has 13 atom stereocenters. The fourth-order valence-corrected chi connectivity index (χ4v) is 13.1. The predicted octanol–water partition coefficient (Wildman–Crippen LogP) is 4.74. The first-order valence-corrected chi connectivity index (χ1v) is 19.6. The zero-order valence-electron chi connectivity index (χ0n) is 32.5. The van der Waals surface area contributed by atoms with Crippen LogP contribution in [0, 0.1) is 62.6 Å². The number of rotatable bonds is 6. The van der Waals surface area contributed by atoms with Gasteiger partial charge in [0.1, 0.15) is 5.78 Å². The van der Waals surface area contributed by atoms with Crippen LogP contribution in [0.3, 0.4) is 0 Å². The molecule has 2 spiro atoms. The standard InChI is InChI=1S/C45H55N3O7/c1-25(39(54)55)22-30(49)34-26(2)44(21-16-29(34)48-40(46)47)24-33(52)45-19-11-7-10-18-41(3)32(51)17-20-42(4)35(31(50)23-43(44,45)5)36(45)37(53)28(38(41)42)15-14-27-12-8-6-9-13-27/h6,8-9,12-16,21-22,26,28-30,33-34,37-38,49,52-53H,11,17-20,23-24H2,1-5H3,(H,54,55)(H4,46,47,48). The Bertz CT molecular complexity index is 2020. The zero-order chi connectivity index (χ0) is 39.9. The molecule has 55 heavy (non-hydrogen) atoms. The lowest BCUT2D eigenvalue weighted by Crippen LogP contribution is -2.65. The Morgan fingerprint density at radius 2 is 1.76 bits per heavy atom. The van der Waals surface area contributed by atoms with Crippen molar-refractivity contribution in [1.82, 2.24) is 0 Å². The molecule has 0 saturated heterocycles. The number of benzene rings is 1. The number of hydrogen-bond donors (Lipinski definition) is 6. The van der Waals surface area contributed by atoms with Gasteiger partial charge >= 0.3 is 5.97 Å². The summed E-state index contributed by atoms with van der Waals surface area (Å²) in [6.07, 6.45) is 7.71. The maximum absolute atomic E-state index is 15.3. The quantitative estimate of drug-likeness (QED) is 0.0783. The molecule has 0 radical (unpaired) electrons. The van der Waals surface area contributed by atoms with Gasteiger partial charge in [-0.25, -0.2) is 9.79 Å². The number of Topliss-reactive ketones (excluding diaryl/α,β-unsaturated/α-hetero) is 2. The van der Waals surface area contributed by atoms with Crippen LogP contribution < -0.4 is 11.5 Å². The number of ketones is 2. The number of aliphatic imine (C=N–C) groups is 1. The van der Waals surface area contributed by atoms with Crippen LogP contribution in [0.4, 0.5) is 0 Å². The number of fused-ring (bicyclic) bond motifs is 1. The van der Waals surface area contributed by atoms with Crippen LogP contribution in [0.2, 0.25) is 0 Å². The van der Waals surface area contributed by atoms with Gasteiger partial charge in [-0.1, -0.05) is 82.3 Å². The van der Waals surface area contributed by atoms with Crippen molar-refractivity contribution in [3.05, 3.63) is 76.9 Å². The lowest BCUT2D eigenvalue weighted by Gasteiger charge is -2.65. The molecule has 1 aromatic carbocycles. The van der Waals surface area contributed by atoms with Crippen LogP contribution in [-0.2, 0) is 14.4 Å². The number of carbonyl (C=O) groups is 3. The van der Waals surface area contributed by atoms with E-state index in [1.54, 1.807) is 0 Å². The molecule has 0 amide bonds. The van der Waals surface area contributed by atoms with E-state index >= 15 is 4.79 Å². The Morgan fingerprint density at radius 3 is 2.44 bits per heavy atom. The highest BCUT2D eigenvalue weighted by atomic mass is 16.4. The van der Waals surface area contributed by atoms with Gasteiger partial charge in [-0.05, 0) is 60.6 Å². The predicted molar refractivity (Wildman–Crippen MR) is 210 cm³/mol. The zero-order valence-corrected chi connectivity index (χ0v) is 32.5. The van der Waals surface area contributed by atoms with Crippen LogP contribution in [0.15, 0.2) is 76.3 Å². The maximum Gasteiger partial charge on any atom is 0.331 e. The van der Waals surface area contributed by atoms with Crippen molar-refractivity contribution < 1.29 is 34.8 Å². The number of allylic oxidation sites excluding steroid dienone is 2. The summed E-state index contributed by atoms with van der Waals surface area (Å²) < 4.78 is 0. The first-order chi connectivity index (χ1) is 25.9. The van der Waals surface area contributed by atoms with E-state index in [2.05, 4.69) is 23.8 Å². The van der Waals surface area contributed by atoms with E-state index in [0.717, 1.165) is 5.56 Å². The molecule has 6 bridgehead atoms. The molecular formula is C45H55N3O7. The summed E-state index contributed by atoms with van der Waals surface area (Å²) in [4.78, 5) is 45.7. The molecule has 0 aliphatic heterocycles. The lowest BCUT2D eigenvalue weighted by atomic mass is 9.37. The molecule has 0 heterocycles. The Balaban J connectivity index is 1.49. The summed E-state index contributed by atoms with van der Waals surface area (Å²) in [7, 11) is 0. The van der Waals surface area contributed by atoms with E-state index < -0.39 is 81.1 Å². The molecule has 2 fully saturated rings. The first-order valence-electron chi connectivity index (χ1n) is 19.6. The van der Waals surface area contributed by atoms with E-state index in [1.165, 1.54) is 13.0 Å². The summed E-state index contributed by atoms with van der Waals surface area (Å²) in [6, 6.07) is 9.09. The third-order valence-electron chi connectivity index (χ3n) is 15.5. The summed E-state index contributed by atoms with van der Waals surface area (Å²) >= 11 is 0. The molecule has 1 aromatic rings. The van der Waals surface area contributed by atoms with Gasteiger partial charge in [0, 0.05) is 70.3 Å². The minimum atomic E-state index is -1.28. The third-order valence-corrected chi connectivity index (χ3v) is 15.5. The number of aliphatic carboxylic acids is 1. The van der Waals surface area contributed by atoms with Crippen molar-refractivity contribution in [1.29, 1.82) is 0 Å². The smallest absolute Gasteiger partial charge is 0.331 e. The molecule has 13 unspecified atom stereocenters. The molecule has 0 aromatic heterocycles. The highest BCUT2D eigenvalue weighted by Gasteiger charge is 2.77. The normalized spacial score (nSPS) is 42.8. The topological polar surface area (TPSA) is 197 Å². The minimum absolute atomic E-state index is 0.0359. The van der Waals surface area contributed by atoms with E-state index in [1.807, 2.05) is 75.4 Å². The largest absolute Gasteiger partial charge is 0.478 e. The monoisotopic (exact) mass is 749 g/mol. The van der Waals surface area contributed by atoms with Crippen molar-refractivity contribution in [2.75, 3.05) is 0 Å². The van der Waals surface area contributed by atoms with Crippen LogP contribution in [-0.4, -0.2) is 68.3 Å². The highest BCUT2D eigenvalue weighted by molar-refractivity contribution is 6.01. The van der Waals surface area contributed by atoms with Crippen molar-refractivity contribution in [3.63, 3.8) is 0 Å². The Morgan fingerprint density at radius 1 is 1.05 bits per heavy atom. The fourth-order valence-electron chi connectivity index (χ4n) is 13.1. The Labute approximate surface area is 323 Å². The molecule has 7 rings (SSSR count). The van der Waals surface area contributed by atoms with Crippen molar-refractivity contribution in [2.24, 2.45) is 67.2 Å². The first kappa shape index (κ1) is 39.0. The molecule has 10 heteroatoms. The van der Waals surface area contributed by atoms with Crippen molar-refractivity contribution in [3.8, 4) is 11.8 Å². The Hall–Kier alpha value is -4.30. The number of guanidine groups is 1. The van der Waals surface area contributed by atoms with E-state index in [-0.39, 0.29) is 42.4 Å². The van der Waals surface area contributed by atoms with Gasteiger partial charge in [0.15, 0.2) is 11.7 Å². The van der Waals surface area contributed by atoms with Crippen LogP contribution in [0.5, 0.6) is 0 Å². The number of hydrogen-bond acceptors (Lipinski definition) is 7. The van der Waals surface area contributed by atoms with Crippen molar-refractivity contribution >= 4 is 29.6 Å². The molecule has 2 saturated carbocycles. The molecule has 292 valence electrons. The molecule has 6 aliphatic carbocycles. The summed E-state index contributed by atoms with van der Waals surface area (Å²) in [5.41, 5.74) is 9.04. The number of nitrogens with zero attached hydrogens (tertiary/aromatic N) is 1. The minimum Gasteiger partial charge on any atom is -0.478 e. The van der Waals surface area contributed by atoms with Gasteiger partial charge in [-0.2, -0.15) is 0 Å². The SMILES string of the molecule is CC(=CC(O)C1C(N=C(N)N)C=CC2(CC(O)C34CCC#CCC5(C)C(=O)CCC6(C)C(=C3C(O)C(C=Cc3ccccc3)C56)C(=O)CC24C)C1C)C(=O)O. The molecule has 6 aliphatic rings. The summed E-state index contributed by atoms with van der Waals surface area (Å²) in [5.74, 6) is 3.16. The third kappa shape index (κ3) is 5.40. The van der Waals surface area contributed by atoms with Crippen LogP contribution in [0.1, 0.15) is 85.1 Å². The average Bonchev–Trinajstić information content (AvgIpc) is 3.29. The summed E-state index contributed by atoms with van der Waals surface area (Å²) in [5, 5.41) is 47.5. The number of aliphatic hydroxyl groups is 3. The van der Waals surface area contributed by atoms with Gasteiger partial charge in [0.05, 0.1) is 24.4 Å². The fraction of sp³-hybridized carbons (Fsp3) is 0.556. The van der Waals surface area contributed by atoms with Crippen LogP contribution in [0.25, 0.3) is 6.08 Å². The lowest BCUT2D eigenvalue weighted by molar-refractivity contribution is -0.155. The highest BCUT2D eigenvalue weighted by Crippen LogP contribution is 2.78. The van der Waals surface area contributed by atoms with E-state index in [4.69, 9.17) is 11.5 Å². The van der Waals surface area contributed by atoms with E-state index in [9.17, 15) is 30.0 Å². The number of carbonyl (C=O) groups excluding carboxylic acids is 2. The van der Waals surface area contributed by atoms with Gasteiger partial charge < -0.3 is 31.9 Å². The number of nitrogens with two attached hydrogens (primary N) is 2. The average molecular weight is 750 g/mol. The van der Waals surface area contributed by atoms with Crippen molar-refractivity contribution in [2.45, 2.75) is 104 Å². The molecule has 8 N–H and O–H groups in total. The second-order valence-corrected chi connectivity index (χ2v) is 17.9. The Kier molecular flexibility index (Phi) is 9.51. The maximum atomic E-state index is 15.3. The van der Waals surface area contributed by atoms with Crippen LogP contribution >= 0.6 is 0 Å². The molecular weight excluding hydrogens is 695 g/mol. The van der Waals surface area contributed by atoms with Gasteiger partial charge in [0.2, 0.25) is 0 Å².